The van der Waals surface area contributed by atoms with Crippen molar-refractivity contribution in [2.24, 2.45) is 5.11 Å². The fourth-order valence-corrected chi connectivity index (χ4v) is 3.29. The zero-order chi connectivity index (χ0) is 22.1. The minimum Gasteiger partial charge on any atom is -0.433 e. The van der Waals surface area contributed by atoms with Crippen LogP contribution in [0.2, 0.25) is 0 Å². The Morgan fingerprint density at radius 1 is 1.03 bits per heavy atom. The Kier molecular flexibility index (Phi) is 8.37. The fourth-order valence-electron chi connectivity index (χ4n) is 3.29. The molecule has 1 aliphatic rings. The number of carbonyl (C=O) groups is 1. The van der Waals surface area contributed by atoms with E-state index in [4.69, 9.17) is 24.5 Å². The molecule has 8 nitrogen and oxygen atoms in total. The van der Waals surface area contributed by atoms with Crippen LogP contribution < -0.4 is 0 Å². The monoisotopic (exact) mass is 429 g/mol. The highest BCUT2D eigenvalue weighted by Gasteiger charge is 2.49. The normalized spacial score (nSPS) is 25.4. The van der Waals surface area contributed by atoms with Crippen molar-refractivity contribution in [3.63, 3.8) is 0 Å². The lowest BCUT2D eigenvalue weighted by Crippen LogP contribution is -2.59. The van der Waals surface area contributed by atoms with Gasteiger partial charge in [0, 0.05) is 11.8 Å². The molecule has 0 spiro atoms. The molecule has 2 aromatic rings. The van der Waals surface area contributed by atoms with Crippen LogP contribution in [0.15, 0.2) is 65.8 Å². The van der Waals surface area contributed by atoms with Gasteiger partial charge in [-0.2, -0.15) is 0 Å². The molecule has 5 unspecified atom stereocenters. The molecular weight excluding hydrogens is 405 g/mol. The summed E-state index contributed by atoms with van der Waals surface area (Å²) < 4.78 is 38.2. The molecule has 5 atom stereocenters. The van der Waals surface area contributed by atoms with Crippen molar-refractivity contribution >= 4 is 5.97 Å². The smallest absolute Gasteiger partial charge is 0.305 e. The van der Waals surface area contributed by atoms with E-state index in [1.54, 1.807) is 0 Å². The molecule has 3 rings (SSSR count). The van der Waals surface area contributed by atoms with Crippen LogP contribution in [0.1, 0.15) is 18.1 Å². The van der Waals surface area contributed by atoms with E-state index >= 15 is 4.39 Å². The average Bonchev–Trinajstić information content (AvgIpc) is 2.78. The van der Waals surface area contributed by atoms with Gasteiger partial charge in [-0.15, -0.1) is 0 Å². The van der Waals surface area contributed by atoms with Gasteiger partial charge in [0.2, 0.25) is 6.29 Å². The maximum atomic E-state index is 15.6. The Hall–Kier alpha value is -2.97. The zero-order valence-electron chi connectivity index (χ0n) is 17.0. The van der Waals surface area contributed by atoms with Crippen LogP contribution in [0.4, 0.5) is 4.39 Å². The summed E-state index contributed by atoms with van der Waals surface area (Å²) in [6.45, 7) is 1.25. The number of carbonyl (C=O) groups excluding carboxylic acids is 1. The topological polar surface area (TPSA) is 103 Å². The quantitative estimate of drug-likeness (QED) is 0.258. The first-order valence-electron chi connectivity index (χ1n) is 9.87. The molecule has 0 aromatic heterocycles. The first-order chi connectivity index (χ1) is 15.1. The minimum atomic E-state index is -1.69. The fraction of sp³-hybridized carbons (Fsp3) is 0.409. The molecule has 0 saturated carbocycles. The number of nitrogens with zero attached hydrogens (tertiary/aromatic N) is 3. The molecule has 0 radical (unpaired) electrons. The van der Waals surface area contributed by atoms with E-state index in [0.717, 1.165) is 11.1 Å². The summed E-state index contributed by atoms with van der Waals surface area (Å²) in [5.41, 5.74) is 10.4. The standard InChI is InChI=1S/C22H24FN3O5/c1-15(27)30-22-21(29-14-17-10-6-3-7-11-17)19(23)20(18(31-22)12-25-26-24)28-13-16-8-4-2-5-9-16/h2-11,18-22H,12-14H2,1H3. The highest BCUT2D eigenvalue weighted by molar-refractivity contribution is 5.66. The Bertz CT molecular complexity index is 822. The van der Waals surface area contributed by atoms with Gasteiger partial charge in [0.25, 0.3) is 0 Å². The maximum Gasteiger partial charge on any atom is 0.305 e. The summed E-state index contributed by atoms with van der Waals surface area (Å²) in [5.74, 6) is -0.642. The molecule has 1 saturated heterocycles. The first kappa shape index (κ1) is 22.7. The Balaban J connectivity index is 1.78. The highest BCUT2D eigenvalue weighted by atomic mass is 19.1. The summed E-state index contributed by atoms with van der Waals surface area (Å²) in [6.07, 6.45) is -6.24. The van der Waals surface area contributed by atoms with Crippen LogP contribution in [-0.4, -0.2) is 43.3 Å². The Morgan fingerprint density at radius 2 is 1.58 bits per heavy atom. The van der Waals surface area contributed by atoms with Crippen molar-refractivity contribution in [1.82, 2.24) is 0 Å². The van der Waals surface area contributed by atoms with Gasteiger partial charge in [-0.05, 0) is 16.7 Å². The van der Waals surface area contributed by atoms with E-state index in [0.29, 0.717) is 0 Å². The van der Waals surface area contributed by atoms with Crippen LogP contribution in [0.5, 0.6) is 0 Å². The van der Waals surface area contributed by atoms with Crippen LogP contribution in [0, 0.1) is 0 Å². The first-order valence-corrected chi connectivity index (χ1v) is 9.87. The van der Waals surface area contributed by atoms with E-state index in [1.807, 2.05) is 60.7 Å². The largest absolute Gasteiger partial charge is 0.433 e. The van der Waals surface area contributed by atoms with Crippen LogP contribution in [-0.2, 0) is 37.0 Å². The van der Waals surface area contributed by atoms with Crippen molar-refractivity contribution in [3.05, 3.63) is 82.2 Å². The van der Waals surface area contributed by atoms with E-state index in [1.165, 1.54) is 6.92 Å². The molecule has 0 bridgehead atoms. The molecule has 1 heterocycles. The molecule has 1 aliphatic heterocycles. The molecule has 2 aromatic carbocycles. The number of rotatable bonds is 9. The predicted molar refractivity (Wildman–Crippen MR) is 109 cm³/mol. The third kappa shape index (κ3) is 6.50. The summed E-state index contributed by atoms with van der Waals surface area (Å²) in [5, 5.41) is 3.49. The number of esters is 1. The van der Waals surface area contributed by atoms with Gasteiger partial charge >= 0.3 is 5.97 Å². The number of azide groups is 1. The minimum absolute atomic E-state index is 0.0967. The number of hydrogen-bond acceptors (Lipinski definition) is 6. The second-order valence-corrected chi connectivity index (χ2v) is 7.03. The lowest BCUT2D eigenvalue weighted by atomic mass is 9.99. The van der Waals surface area contributed by atoms with E-state index in [-0.39, 0.29) is 19.8 Å². The number of hydrogen-bond donors (Lipinski definition) is 0. The average molecular weight is 429 g/mol. The molecule has 31 heavy (non-hydrogen) atoms. The summed E-state index contributed by atoms with van der Waals surface area (Å²) >= 11 is 0. The predicted octanol–water partition coefficient (Wildman–Crippen LogP) is 4.09. The van der Waals surface area contributed by atoms with E-state index in [9.17, 15) is 4.79 Å². The molecule has 9 heteroatoms. The number of ether oxygens (including phenoxy) is 4. The van der Waals surface area contributed by atoms with Gasteiger partial charge in [-0.3, -0.25) is 4.79 Å². The third-order valence-electron chi connectivity index (χ3n) is 4.75. The van der Waals surface area contributed by atoms with Gasteiger partial charge in [-0.25, -0.2) is 4.39 Å². The van der Waals surface area contributed by atoms with Crippen molar-refractivity contribution in [2.75, 3.05) is 6.54 Å². The highest BCUT2D eigenvalue weighted by Crippen LogP contribution is 2.30. The van der Waals surface area contributed by atoms with Gasteiger partial charge in [0.05, 0.1) is 25.9 Å². The number of alkyl halides is 1. The van der Waals surface area contributed by atoms with E-state index in [2.05, 4.69) is 10.0 Å². The molecule has 0 aliphatic carbocycles. The number of halogens is 1. The Labute approximate surface area is 179 Å². The SMILES string of the molecule is CC(=O)OC1OC(CN=[N+]=[N-])C(OCc2ccccc2)C(F)C1OCc1ccccc1. The van der Waals surface area contributed by atoms with Crippen LogP contribution in [0.3, 0.4) is 0 Å². The van der Waals surface area contributed by atoms with Gasteiger partial charge in [0.15, 0.2) is 12.3 Å². The van der Waals surface area contributed by atoms with Crippen LogP contribution in [0.25, 0.3) is 10.4 Å². The lowest BCUT2D eigenvalue weighted by Gasteiger charge is -2.42. The molecule has 0 amide bonds. The second-order valence-electron chi connectivity index (χ2n) is 7.03. The van der Waals surface area contributed by atoms with Crippen molar-refractivity contribution in [2.45, 2.75) is 50.9 Å². The summed E-state index contributed by atoms with van der Waals surface area (Å²) in [7, 11) is 0. The van der Waals surface area contributed by atoms with Gasteiger partial charge < -0.3 is 18.9 Å². The Morgan fingerprint density at radius 3 is 2.10 bits per heavy atom. The second kappa shape index (κ2) is 11.4. The lowest BCUT2D eigenvalue weighted by molar-refractivity contribution is -0.293. The molecule has 1 fully saturated rings. The third-order valence-corrected chi connectivity index (χ3v) is 4.75. The van der Waals surface area contributed by atoms with Crippen molar-refractivity contribution in [3.8, 4) is 0 Å². The molecule has 164 valence electrons. The van der Waals surface area contributed by atoms with Gasteiger partial charge in [0.1, 0.15) is 6.10 Å². The van der Waals surface area contributed by atoms with Crippen LogP contribution >= 0.6 is 0 Å². The van der Waals surface area contributed by atoms with Crippen molar-refractivity contribution < 1.29 is 28.1 Å². The van der Waals surface area contributed by atoms with Crippen molar-refractivity contribution in [1.29, 1.82) is 0 Å². The number of benzene rings is 2. The zero-order valence-corrected chi connectivity index (χ0v) is 17.0. The summed E-state index contributed by atoms with van der Waals surface area (Å²) in [4.78, 5) is 14.3. The maximum absolute atomic E-state index is 15.6. The molecular formula is C22H24FN3O5. The molecule has 0 N–H and O–H groups in total. The van der Waals surface area contributed by atoms with Gasteiger partial charge in [-0.1, -0.05) is 65.8 Å². The summed E-state index contributed by atoms with van der Waals surface area (Å²) in [6, 6.07) is 18.5. The van der Waals surface area contributed by atoms with E-state index < -0.39 is 36.7 Å².